The zero-order chi connectivity index (χ0) is 28.1. The second-order valence-electron chi connectivity index (χ2n) is 10.4. The number of carbonyl (C=O) groups excluding carboxylic acids is 1. The quantitative estimate of drug-likeness (QED) is 0.265. The lowest BCUT2D eigenvalue weighted by molar-refractivity contribution is -0.0408. The Hall–Kier alpha value is -4.33. The van der Waals surface area contributed by atoms with Crippen molar-refractivity contribution in [2.75, 3.05) is 0 Å². The Morgan fingerprint density at radius 1 is 0.500 bits per heavy atom. The van der Waals surface area contributed by atoms with E-state index in [9.17, 15) is 25.2 Å². The average molecular weight is 539 g/mol. The number of rotatable bonds is 8. The third-order valence-electron chi connectivity index (χ3n) is 7.58. The van der Waals surface area contributed by atoms with Crippen LogP contribution in [0.1, 0.15) is 22.3 Å². The van der Waals surface area contributed by atoms with Crippen molar-refractivity contribution < 1.29 is 25.2 Å². The maximum atomic E-state index is 14.5. The van der Waals surface area contributed by atoms with Gasteiger partial charge in [0.25, 0.3) is 0 Å². The number of nitrogens with zero attached hydrogens (tertiary/aromatic N) is 2. The Labute approximate surface area is 234 Å². The molecule has 2 amide bonds. The zero-order valence-electron chi connectivity index (χ0n) is 22.1. The summed E-state index contributed by atoms with van der Waals surface area (Å²) in [6, 6.07) is 30.8. The zero-order valence-corrected chi connectivity index (χ0v) is 22.1. The van der Waals surface area contributed by atoms with Crippen LogP contribution < -0.4 is 0 Å². The van der Waals surface area contributed by atoms with Gasteiger partial charge in [0.2, 0.25) is 0 Å². The lowest BCUT2D eigenvalue weighted by atomic mass is 9.90. The van der Waals surface area contributed by atoms with Crippen LogP contribution in [0.25, 0.3) is 0 Å². The summed E-state index contributed by atoms with van der Waals surface area (Å²) in [6.45, 7) is 0.507. The summed E-state index contributed by atoms with van der Waals surface area (Å²) in [4.78, 5) is 17.8. The highest BCUT2D eigenvalue weighted by molar-refractivity contribution is 5.76. The Balaban J connectivity index is 1.57. The molecule has 206 valence electrons. The number of aliphatic hydroxyl groups is 2. The van der Waals surface area contributed by atoms with Crippen LogP contribution in [0.15, 0.2) is 109 Å². The Morgan fingerprint density at radius 2 is 0.850 bits per heavy atom. The van der Waals surface area contributed by atoms with Gasteiger partial charge in [-0.3, -0.25) is 0 Å². The summed E-state index contributed by atoms with van der Waals surface area (Å²) in [5.41, 5.74) is 3.47. The predicted octanol–water partition coefficient (Wildman–Crippen LogP) is 4.48. The van der Waals surface area contributed by atoms with Gasteiger partial charge < -0.3 is 30.2 Å². The van der Waals surface area contributed by atoms with Crippen LogP contribution in [-0.2, 0) is 25.9 Å². The second kappa shape index (κ2) is 12.2. The van der Waals surface area contributed by atoms with Crippen molar-refractivity contribution >= 4 is 6.03 Å². The molecule has 4 atom stereocenters. The molecule has 5 rings (SSSR count). The van der Waals surface area contributed by atoms with Crippen molar-refractivity contribution in [1.29, 1.82) is 0 Å². The van der Waals surface area contributed by atoms with Gasteiger partial charge in [-0.05, 0) is 59.4 Å². The molecule has 1 aliphatic heterocycles. The van der Waals surface area contributed by atoms with E-state index in [-0.39, 0.29) is 30.6 Å². The van der Waals surface area contributed by atoms with Gasteiger partial charge in [-0.2, -0.15) is 0 Å². The van der Waals surface area contributed by atoms with Crippen molar-refractivity contribution in [3.63, 3.8) is 0 Å². The van der Waals surface area contributed by atoms with Crippen LogP contribution in [0.5, 0.6) is 11.5 Å². The number of phenols is 2. The van der Waals surface area contributed by atoms with E-state index in [1.807, 2.05) is 60.7 Å². The van der Waals surface area contributed by atoms with E-state index in [1.54, 1.807) is 58.3 Å². The highest BCUT2D eigenvalue weighted by atomic mass is 16.3. The van der Waals surface area contributed by atoms with Crippen molar-refractivity contribution in [2.24, 2.45) is 0 Å². The van der Waals surface area contributed by atoms with Gasteiger partial charge in [0.15, 0.2) is 0 Å². The lowest BCUT2D eigenvalue weighted by Gasteiger charge is -2.36. The molecule has 0 bridgehead atoms. The van der Waals surface area contributed by atoms with Crippen LogP contribution in [0.2, 0.25) is 0 Å². The molecule has 4 aromatic carbocycles. The first-order valence-corrected chi connectivity index (χ1v) is 13.5. The first-order valence-electron chi connectivity index (χ1n) is 13.5. The van der Waals surface area contributed by atoms with Gasteiger partial charge in [-0.15, -0.1) is 0 Å². The van der Waals surface area contributed by atoms with Crippen molar-refractivity contribution in [3.8, 4) is 11.5 Å². The van der Waals surface area contributed by atoms with Gasteiger partial charge in [0.1, 0.15) is 23.7 Å². The van der Waals surface area contributed by atoms with E-state index in [1.165, 1.54) is 0 Å². The number of carbonyl (C=O) groups is 1. The molecule has 0 saturated carbocycles. The van der Waals surface area contributed by atoms with Crippen LogP contribution in [0.3, 0.4) is 0 Å². The molecule has 0 unspecified atom stereocenters. The predicted molar refractivity (Wildman–Crippen MR) is 153 cm³/mol. The Kier molecular flexibility index (Phi) is 8.34. The first-order chi connectivity index (χ1) is 19.4. The maximum absolute atomic E-state index is 14.5. The molecule has 7 nitrogen and oxygen atoms in total. The van der Waals surface area contributed by atoms with Gasteiger partial charge in [0, 0.05) is 13.1 Å². The van der Waals surface area contributed by atoms with Crippen molar-refractivity contribution in [3.05, 3.63) is 131 Å². The molecule has 1 aliphatic rings. The molecule has 0 aliphatic carbocycles. The third-order valence-corrected chi connectivity index (χ3v) is 7.58. The summed E-state index contributed by atoms with van der Waals surface area (Å²) in [6.07, 6.45) is -1.90. The molecule has 7 heteroatoms. The van der Waals surface area contributed by atoms with Crippen LogP contribution in [0.4, 0.5) is 4.79 Å². The van der Waals surface area contributed by atoms with Gasteiger partial charge in [0.05, 0.1) is 12.1 Å². The highest BCUT2D eigenvalue weighted by Gasteiger charge is 2.46. The summed E-state index contributed by atoms with van der Waals surface area (Å²) in [7, 11) is 0. The first kappa shape index (κ1) is 27.2. The van der Waals surface area contributed by atoms with E-state index in [0.717, 1.165) is 22.3 Å². The molecular formula is C33H34N2O5. The van der Waals surface area contributed by atoms with E-state index < -0.39 is 24.3 Å². The number of hydrogen-bond acceptors (Lipinski definition) is 5. The number of aromatic hydroxyl groups is 2. The van der Waals surface area contributed by atoms with Crippen molar-refractivity contribution in [1.82, 2.24) is 9.80 Å². The van der Waals surface area contributed by atoms with E-state index >= 15 is 0 Å². The third kappa shape index (κ3) is 6.28. The van der Waals surface area contributed by atoms with E-state index in [2.05, 4.69) is 0 Å². The van der Waals surface area contributed by atoms with E-state index in [0.29, 0.717) is 12.8 Å². The molecule has 4 N–H and O–H groups in total. The van der Waals surface area contributed by atoms with Gasteiger partial charge >= 0.3 is 6.03 Å². The molecule has 1 saturated heterocycles. The van der Waals surface area contributed by atoms with Crippen LogP contribution in [0, 0.1) is 0 Å². The second-order valence-corrected chi connectivity index (χ2v) is 10.4. The fourth-order valence-electron chi connectivity index (χ4n) is 5.41. The number of urea groups is 1. The number of aliphatic hydroxyl groups excluding tert-OH is 2. The molecule has 0 radical (unpaired) electrons. The largest absolute Gasteiger partial charge is 0.508 e. The van der Waals surface area contributed by atoms with Crippen molar-refractivity contribution in [2.45, 2.75) is 50.2 Å². The smallest absolute Gasteiger partial charge is 0.321 e. The highest BCUT2D eigenvalue weighted by Crippen LogP contribution is 2.30. The fraction of sp³-hybridized carbons (Fsp3) is 0.242. The number of amides is 2. The topological polar surface area (TPSA) is 104 Å². The molecule has 1 fully saturated rings. The molecular weight excluding hydrogens is 504 g/mol. The summed E-state index contributed by atoms with van der Waals surface area (Å²) in [5.74, 6) is 0.260. The van der Waals surface area contributed by atoms with Crippen LogP contribution >= 0.6 is 0 Å². The number of benzene rings is 4. The molecule has 1 heterocycles. The average Bonchev–Trinajstić information content (AvgIpc) is 3.03. The SMILES string of the molecule is O=C1N(Cc2ccccc2)[C@H](Cc2ccc(O)cc2)[C@H](O)[C@@H](O)[C@@H](Cc2ccc(O)cc2)N1Cc1ccccc1. The Bertz CT molecular complexity index is 1270. The minimum atomic E-state index is -1.25. The number of hydrogen-bond donors (Lipinski definition) is 4. The molecule has 0 spiro atoms. The van der Waals surface area contributed by atoms with Crippen LogP contribution in [-0.4, -0.2) is 60.5 Å². The van der Waals surface area contributed by atoms with E-state index in [4.69, 9.17) is 0 Å². The fourth-order valence-corrected chi connectivity index (χ4v) is 5.41. The van der Waals surface area contributed by atoms with Gasteiger partial charge in [-0.25, -0.2) is 4.79 Å². The maximum Gasteiger partial charge on any atom is 0.321 e. The molecule has 4 aromatic rings. The number of phenolic OH excluding ortho intramolecular Hbond substituents is 2. The monoisotopic (exact) mass is 538 g/mol. The minimum absolute atomic E-state index is 0.130. The minimum Gasteiger partial charge on any atom is -0.508 e. The Morgan fingerprint density at radius 3 is 1.20 bits per heavy atom. The summed E-state index contributed by atoms with van der Waals surface area (Å²) >= 11 is 0. The molecule has 0 aromatic heterocycles. The normalized spacial score (nSPS) is 21.3. The molecule has 40 heavy (non-hydrogen) atoms. The summed E-state index contributed by atoms with van der Waals surface area (Å²) in [5, 5.41) is 43.0. The lowest BCUT2D eigenvalue weighted by Crippen LogP contribution is -2.50. The standard InChI is InChI=1S/C33H34N2O5/c36-27-15-11-23(12-16-27)19-29-31(38)32(39)30(20-24-13-17-28(37)18-14-24)35(22-26-9-5-2-6-10-26)33(40)34(29)21-25-7-3-1-4-8-25/h1-18,29-32,36-39H,19-22H2/t29-,30-,31+,32+/m1/s1. The van der Waals surface area contributed by atoms with Gasteiger partial charge in [-0.1, -0.05) is 84.9 Å². The summed E-state index contributed by atoms with van der Waals surface area (Å²) < 4.78 is 0.